The summed E-state index contributed by atoms with van der Waals surface area (Å²) in [4.78, 5) is 22.1. The minimum Gasteiger partial charge on any atom is -0.444 e. The molecule has 1 N–H and O–H groups in total. The van der Waals surface area contributed by atoms with Crippen molar-refractivity contribution in [3.63, 3.8) is 0 Å². The van der Waals surface area contributed by atoms with Gasteiger partial charge in [-0.25, -0.2) is 4.79 Å². The summed E-state index contributed by atoms with van der Waals surface area (Å²) >= 11 is 1.51. The van der Waals surface area contributed by atoms with Gasteiger partial charge in [0.15, 0.2) is 0 Å². The molecular formula is C11H21NO3S. The first kappa shape index (κ1) is 15.3. The van der Waals surface area contributed by atoms with E-state index in [9.17, 15) is 9.59 Å². The molecule has 5 heteroatoms. The quantitative estimate of drug-likeness (QED) is 0.809. The highest BCUT2D eigenvalue weighted by atomic mass is 32.2. The summed E-state index contributed by atoms with van der Waals surface area (Å²) in [5, 5.41) is 2.72. The minimum atomic E-state index is -0.476. The highest BCUT2D eigenvalue weighted by molar-refractivity contribution is 8.00. The van der Waals surface area contributed by atoms with Gasteiger partial charge in [0.1, 0.15) is 11.4 Å². The van der Waals surface area contributed by atoms with Gasteiger partial charge in [-0.05, 0) is 34.6 Å². The van der Waals surface area contributed by atoms with Crippen LogP contribution in [0.3, 0.4) is 0 Å². The van der Waals surface area contributed by atoms with Gasteiger partial charge < -0.3 is 10.1 Å². The van der Waals surface area contributed by atoms with Crippen LogP contribution in [0.5, 0.6) is 0 Å². The molecule has 1 atom stereocenters. The summed E-state index contributed by atoms with van der Waals surface area (Å²) < 4.78 is 5.11. The number of Topliss-reactive ketones (excluding diaryl/α,β-unsaturated/α-hetero) is 1. The number of amides is 1. The largest absolute Gasteiger partial charge is 0.444 e. The molecule has 0 spiro atoms. The van der Waals surface area contributed by atoms with Gasteiger partial charge in [0.05, 0.1) is 5.75 Å². The van der Waals surface area contributed by atoms with Crippen molar-refractivity contribution >= 4 is 23.6 Å². The maximum absolute atomic E-state index is 11.4. The molecule has 0 aromatic carbocycles. The van der Waals surface area contributed by atoms with E-state index < -0.39 is 11.7 Å². The zero-order valence-electron chi connectivity index (χ0n) is 10.6. The second kappa shape index (κ2) is 6.78. The smallest absolute Gasteiger partial charge is 0.407 e. The van der Waals surface area contributed by atoms with Crippen molar-refractivity contribution in [3.8, 4) is 0 Å². The van der Waals surface area contributed by atoms with Crippen LogP contribution in [0.15, 0.2) is 0 Å². The molecule has 0 saturated heterocycles. The molecule has 4 nitrogen and oxygen atoms in total. The lowest BCUT2D eigenvalue weighted by Crippen LogP contribution is -2.38. The molecule has 0 heterocycles. The molecule has 0 bridgehead atoms. The molecular weight excluding hydrogens is 226 g/mol. The van der Waals surface area contributed by atoms with Crippen molar-refractivity contribution in [1.29, 1.82) is 0 Å². The van der Waals surface area contributed by atoms with E-state index in [0.29, 0.717) is 11.5 Å². The van der Waals surface area contributed by atoms with Gasteiger partial charge in [0, 0.05) is 11.8 Å². The summed E-state index contributed by atoms with van der Waals surface area (Å²) in [5.41, 5.74) is -0.476. The van der Waals surface area contributed by atoms with Gasteiger partial charge in [-0.3, -0.25) is 4.79 Å². The van der Waals surface area contributed by atoms with Crippen LogP contribution >= 0.6 is 11.8 Å². The molecule has 0 fully saturated rings. The first-order valence-corrected chi connectivity index (χ1v) is 6.43. The Balaban J connectivity index is 3.74. The van der Waals surface area contributed by atoms with E-state index in [1.54, 1.807) is 6.92 Å². The van der Waals surface area contributed by atoms with Gasteiger partial charge in [0.2, 0.25) is 0 Å². The van der Waals surface area contributed by atoms with Crippen molar-refractivity contribution in [2.24, 2.45) is 0 Å². The average molecular weight is 247 g/mol. The lowest BCUT2D eigenvalue weighted by atomic mass is 10.2. The lowest BCUT2D eigenvalue weighted by molar-refractivity contribution is -0.114. The van der Waals surface area contributed by atoms with E-state index in [-0.39, 0.29) is 11.8 Å². The number of alkyl carbamates (subject to hydrolysis) is 1. The Kier molecular flexibility index (Phi) is 6.48. The number of hydrogen-bond acceptors (Lipinski definition) is 4. The normalized spacial score (nSPS) is 13.1. The van der Waals surface area contributed by atoms with Gasteiger partial charge in [-0.15, -0.1) is 0 Å². The number of rotatable bonds is 5. The number of ketones is 1. The third-order valence-corrected chi connectivity index (χ3v) is 2.78. The monoisotopic (exact) mass is 247 g/mol. The standard InChI is InChI=1S/C11H21NO3S/c1-8(6-16-7-9(2)13)12-10(14)15-11(3,4)5/h8H,6-7H2,1-5H3,(H,12,14). The molecule has 0 aliphatic carbocycles. The first-order valence-electron chi connectivity index (χ1n) is 5.27. The summed E-state index contributed by atoms with van der Waals surface area (Å²) in [6, 6.07) is -0.000741. The van der Waals surface area contributed by atoms with Gasteiger partial charge in [0.25, 0.3) is 0 Å². The Morgan fingerprint density at radius 2 is 1.94 bits per heavy atom. The third kappa shape index (κ3) is 9.83. The van der Waals surface area contributed by atoms with Crippen molar-refractivity contribution in [3.05, 3.63) is 0 Å². The average Bonchev–Trinajstić information content (AvgIpc) is 1.98. The molecule has 0 saturated carbocycles. The highest BCUT2D eigenvalue weighted by Gasteiger charge is 2.17. The van der Waals surface area contributed by atoms with E-state index in [1.807, 2.05) is 27.7 Å². The predicted molar refractivity (Wildman–Crippen MR) is 66.8 cm³/mol. The van der Waals surface area contributed by atoms with E-state index in [0.717, 1.165) is 0 Å². The van der Waals surface area contributed by atoms with Gasteiger partial charge in [-0.1, -0.05) is 0 Å². The number of hydrogen-bond donors (Lipinski definition) is 1. The van der Waals surface area contributed by atoms with E-state index in [2.05, 4.69) is 5.32 Å². The summed E-state index contributed by atoms with van der Waals surface area (Å²) in [5.74, 6) is 1.34. The Hall–Kier alpha value is -0.710. The Morgan fingerprint density at radius 3 is 2.38 bits per heavy atom. The number of thioether (sulfide) groups is 1. The number of carbonyl (C=O) groups is 2. The summed E-state index contributed by atoms with van der Waals surface area (Å²) in [6.45, 7) is 8.90. The fourth-order valence-corrected chi connectivity index (χ4v) is 1.77. The maximum atomic E-state index is 11.4. The fraction of sp³-hybridized carbons (Fsp3) is 0.818. The number of nitrogens with one attached hydrogen (secondary N) is 1. The maximum Gasteiger partial charge on any atom is 0.407 e. The van der Waals surface area contributed by atoms with Gasteiger partial charge >= 0.3 is 6.09 Å². The fourth-order valence-electron chi connectivity index (χ4n) is 0.930. The van der Waals surface area contributed by atoms with Crippen LogP contribution in [0.4, 0.5) is 4.79 Å². The van der Waals surface area contributed by atoms with Crippen LogP contribution in [-0.4, -0.2) is 35.0 Å². The zero-order chi connectivity index (χ0) is 12.8. The molecule has 1 unspecified atom stereocenters. The molecule has 0 rings (SSSR count). The summed E-state index contributed by atoms with van der Waals surface area (Å²) in [7, 11) is 0. The molecule has 0 aromatic rings. The predicted octanol–water partition coefficient (Wildman–Crippen LogP) is 2.22. The topological polar surface area (TPSA) is 55.4 Å². The van der Waals surface area contributed by atoms with Crippen molar-refractivity contribution in [2.75, 3.05) is 11.5 Å². The van der Waals surface area contributed by atoms with E-state index >= 15 is 0 Å². The van der Waals surface area contributed by atoms with Crippen molar-refractivity contribution in [2.45, 2.75) is 46.3 Å². The molecule has 1 amide bonds. The lowest BCUT2D eigenvalue weighted by Gasteiger charge is -2.21. The molecule has 0 aliphatic heterocycles. The molecule has 16 heavy (non-hydrogen) atoms. The first-order chi connectivity index (χ1) is 7.20. The Labute approximate surface area is 101 Å². The van der Waals surface area contributed by atoms with Crippen LogP contribution < -0.4 is 5.32 Å². The van der Waals surface area contributed by atoms with E-state index in [1.165, 1.54) is 11.8 Å². The Bertz CT molecular complexity index is 248. The van der Waals surface area contributed by atoms with Crippen LogP contribution in [-0.2, 0) is 9.53 Å². The van der Waals surface area contributed by atoms with Crippen molar-refractivity contribution < 1.29 is 14.3 Å². The molecule has 0 aliphatic rings. The molecule has 0 radical (unpaired) electrons. The van der Waals surface area contributed by atoms with Crippen LogP contribution in [0.2, 0.25) is 0 Å². The van der Waals surface area contributed by atoms with Crippen LogP contribution in [0.25, 0.3) is 0 Å². The second-order valence-corrected chi connectivity index (χ2v) is 5.79. The van der Waals surface area contributed by atoms with E-state index in [4.69, 9.17) is 4.74 Å². The third-order valence-electron chi connectivity index (χ3n) is 1.44. The minimum absolute atomic E-state index is 0.000741. The molecule has 94 valence electrons. The number of ether oxygens (including phenoxy) is 1. The second-order valence-electron chi connectivity index (χ2n) is 4.76. The van der Waals surface area contributed by atoms with Crippen LogP contribution in [0, 0.1) is 0 Å². The highest BCUT2D eigenvalue weighted by Crippen LogP contribution is 2.08. The zero-order valence-corrected chi connectivity index (χ0v) is 11.4. The molecule has 0 aromatic heterocycles. The van der Waals surface area contributed by atoms with Gasteiger partial charge in [-0.2, -0.15) is 11.8 Å². The summed E-state index contributed by atoms with van der Waals surface area (Å²) in [6.07, 6.45) is -0.413. The Morgan fingerprint density at radius 1 is 1.38 bits per heavy atom. The van der Waals surface area contributed by atoms with Crippen LogP contribution in [0.1, 0.15) is 34.6 Å². The SMILES string of the molecule is CC(=O)CSCC(C)NC(=O)OC(C)(C)C. The van der Waals surface area contributed by atoms with Crippen molar-refractivity contribution in [1.82, 2.24) is 5.32 Å². The number of carbonyl (C=O) groups excluding carboxylic acids is 2.